The van der Waals surface area contributed by atoms with Crippen LogP contribution in [-0.4, -0.2) is 40.7 Å². The number of sulfonamides is 1. The third-order valence-electron chi connectivity index (χ3n) is 4.92. The molecule has 0 spiro atoms. The SMILES string of the molecule is CCCCCCNS(=O)(=O)c1ccc(NC(=O)c2cc(OCC)c(OCC)c(OCC)c2)cc1. The van der Waals surface area contributed by atoms with Crippen molar-refractivity contribution in [1.82, 2.24) is 4.72 Å². The predicted octanol–water partition coefficient (Wildman–Crippen LogP) is 4.99. The Morgan fingerprint density at radius 3 is 1.94 bits per heavy atom. The molecule has 8 nitrogen and oxygen atoms in total. The number of unbranched alkanes of at least 4 members (excludes halogenated alkanes) is 3. The summed E-state index contributed by atoms with van der Waals surface area (Å²) in [6.45, 7) is 9.29. The van der Waals surface area contributed by atoms with Crippen LogP contribution in [0.5, 0.6) is 17.2 Å². The van der Waals surface area contributed by atoms with Gasteiger partial charge in [-0.2, -0.15) is 0 Å². The average molecular weight is 493 g/mol. The van der Waals surface area contributed by atoms with Gasteiger partial charge in [0.2, 0.25) is 15.8 Å². The first-order chi connectivity index (χ1) is 16.4. The third-order valence-corrected chi connectivity index (χ3v) is 6.39. The monoisotopic (exact) mass is 492 g/mol. The number of nitrogens with one attached hydrogen (secondary N) is 2. The fourth-order valence-corrected chi connectivity index (χ4v) is 4.36. The summed E-state index contributed by atoms with van der Waals surface area (Å²) < 4.78 is 44.6. The predicted molar refractivity (Wildman–Crippen MR) is 134 cm³/mol. The fourth-order valence-electron chi connectivity index (χ4n) is 3.28. The maximum absolute atomic E-state index is 12.9. The Kier molecular flexibility index (Phi) is 11.2. The number of hydrogen-bond donors (Lipinski definition) is 2. The Morgan fingerprint density at radius 2 is 1.41 bits per heavy atom. The van der Waals surface area contributed by atoms with E-state index in [-0.39, 0.29) is 10.8 Å². The van der Waals surface area contributed by atoms with Crippen LogP contribution in [0.4, 0.5) is 5.69 Å². The van der Waals surface area contributed by atoms with Crippen molar-refractivity contribution in [3.8, 4) is 17.2 Å². The van der Waals surface area contributed by atoms with Gasteiger partial charge < -0.3 is 19.5 Å². The van der Waals surface area contributed by atoms with E-state index >= 15 is 0 Å². The van der Waals surface area contributed by atoms with E-state index in [9.17, 15) is 13.2 Å². The Labute approximate surface area is 203 Å². The lowest BCUT2D eigenvalue weighted by Gasteiger charge is -2.17. The zero-order chi connectivity index (χ0) is 25.0. The van der Waals surface area contributed by atoms with Crippen molar-refractivity contribution in [2.75, 3.05) is 31.7 Å². The molecular weight excluding hydrogens is 456 g/mol. The van der Waals surface area contributed by atoms with Crippen molar-refractivity contribution >= 4 is 21.6 Å². The number of anilines is 1. The Morgan fingerprint density at radius 1 is 0.824 bits per heavy atom. The molecule has 0 aromatic heterocycles. The number of amides is 1. The number of benzene rings is 2. The molecular formula is C25H36N2O6S. The lowest BCUT2D eigenvalue weighted by atomic mass is 10.1. The molecule has 0 aliphatic rings. The second kappa shape index (κ2) is 13.8. The number of carbonyl (C=O) groups is 1. The standard InChI is InChI=1S/C25H36N2O6S/c1-5-9-10-11-16-26-34(29,30)21-14-12-20(13-15-21)27-25(28)19-17-22(31-6-2)24(33-8-4)23(18-19)32-7-3/h12-15,17-18,26H,5-11,16H2,1-4H3,(H,27,28). The van der Waals surface area contributed by atoms with Crippen LogP contribution in [0.1, 0.15) is 63.7 Å². The van der Waals surface area contributed by atoms with Crippen LogP contribution in [0.3, 0.4) is 0 Å². The molecule has 0 unspecified atom stereocenters. The number of carbonyl (C=O) groups excluding carboxylic acids is 1. The first kappa shape index (κ1) is 27.5. The summed E-state index contributed by atoms with van der Waals surface area (Å²) >= 11 is 0. The molecule has 2 aromatic rings. The van der Waals surface area contributed by atoms with E-state index in [1.807, 2.05) is 20.8 Å². The van der Waals surface area contributed by atoms with E-state index in [4.69, 9.17) is 14.2 Å². The van der Waals surface area contributed by atoms with Gasteiger partial charge in [-0.05, 0) is 63.6 Å². The summed E-state index contributed by atoms with van der Waals surface area (Å²) in [6, 6.07) is 9.27. The molecule has 0 aliphatic heterocycles. The van der Waals surface area contributed by atoms with E-state index in [2.05, 4.69) is 17.0 Å². The normalized spacial score (nSPS) is 11.2. The zero-order valence-corrected chi connectivity index (χ0v) is 21.3. The Bertz CT molecular complexity index is 995. The molecule has 34 heavy (non-hydrogen) atoms. The quantitative estimate of drug-likeness (QED) is 0.340. The summed E-state index contributed by atoms with van der Waals surface area (Å²) in [6.07, 6.45) is 3.97. The van der Waals surface area contributed by atoms with Gasteiger partial charge in [0.1, 0.15) is 0 Å². The molecule has 1 amide bonds. The van der Waals surface area contributed by atoms with Gasteiger partial charge in [-0.25, -0.2) is 13.1 Å². The van der Waals surface area contributed by atoms with Crippen LogP contribution in [0, 0.1) is 0 Å². The maximum Gasteiger partial charge on any atom is 0.255 e. The van der Waals surface area contributed by atoms with Gasteiger partial charge in [0.25, 0.3) is 5.91 Å². The van der Waals surface area contributed by atoms with Crippen molar-refractivity contribution in [1.29, 1.82) is 0 Å². The molecule has 188 valence electrons. The van der Waals surface area contributed by atoms with Crippen molar-refractivity contribution in [3.63, 3.8) is 0 Å². The molecule has 2 aromatic carbocycles. The highest BCUT2D eigenvalue weighted by Gasteiger charge is 2.19. The van der Waals surface area contributed by atoms with Crippen LogP contribution in [0.2, 0.25) is 0 Å². The van der Waals surface area contributed by atoms with Gasteiger partial charge in [-0.15, -0.1) is 0 Å². The largest absolute Gasteiger partial charge is 0.490 e. The van der Waals surface area contributed by atoms with Crippen LogP contribution in [0.25, 0.3) is 0 Å². The summed E-state index contributed by atoms with van der Waals surface area (Å²) in [5, 5.41) is 2.79. The average Bonchev–Trinajstić information content (AvgIpc) is 2.81. The van der Waals surface area contributed by atoms with Crippen LogP contribution in [-0.2, 0) is 10.0 Å². The van der Waals surface area contributed by atoms with E-state index in [1.54, 1.807) is 24.3 Å². The van der Waals surface area contributed by atoms with E-state index in [1.165, 1.54) is 12.1 Å². The number of hydrogen-bond acceptors (Lipinski definition) is 6. The van der Waals surface area contributed by atoms with Gasteiger partial charge >= 0.3 is 0 Å². The topological polar surface area (TPSA) is 103 Å². The van der Waals surface area contributed by atoms with Gasteiger partial charge in [0.15, 0.2) is 11.5 Å². The highest BCUT2D eigenvalue weighted by Crippen LogP contribution is 2.39. The van der Waals surface area contributed by atoms with Crippen molar-refractivity contribution in [2.24, 2.45) is 0 Å². The van der Waals surface area contributed by atoms with Gasteiger partial charge in [-0.1, -0.05) is 26.2 Å². The van der Waals surface area contributed by atoms with Crippen molar-refractivity contribution in [2.45, 2.75) is 58.3 Å². The highest BCUT2D eigenvalue weighted by molar-refractivity contribution is 7.89. The minimum absolute atomic E-state index is 0.152. The summed E-state index contributed by atoms with van der Waals surface area (Å²) in [5.74, 6) is 0.924. The maximum atomic E-state index is 12.9. The first-order valence-corrected chi connectivity index (χ1v) is 13.3. The molecule has 0 fully saturated rings. The van der Waals surface area contributed by atoms with Crippen LogP contribution in [0.15, 0.2) is 41.3 Å². The van der Waals surface area contributed by atoms with Gasteiger partial charge in [0, 0.05) is 17.8 Å². The minimum Gasteiger partial charge on any atom is -0.490 e. The van der Waals surface area contributed by atoms with Crippen LogP contribution >= 0.6 is 0 Å². The van der Waals surface area contributed by atoms with E-state index in [0.29, 0.717) is 54.9 Å². The minimum atomic E-state index is -3.59. The molecule has 0 saturated carbocycles. The lowest BCUT2D eigenvalue weighted by Crippen LogP contribution is -2.24. The summed E-state index contributed by atoms with van der Waals surface area (Å²) in [7, 11) is -3.59. The first-order valence-electron chi connectivity index (χ1n) is 11.8. The fraction of sp³-hybridized carbons (Fsp3) is 0.480. The molecule has 0 atom stereocenters. The smallest absolute Gasteiger partial charge is 0.255 e. The lowest BCUT2D eigenvalue weighted by molar-refractivity contribution is 0.102. The number of rotatable bonds is 15. The van der Waals surface area contributed by atoms with Crippen molar-refractivity contribution < 1.29 is 27.4 Å². The number of ether oxygens (including phenoxy) is 3. The Balaban J connectivity index is 2.14. The molecule has 2 rings (SSSR count). The molecule has 9 heteroatoms. The molecule has 0 saturated heterocycles. The summed E-state index contributed by atoms with van der Waals surface area (Å²) in [5.41, 5.74) is 0.803. The Hall–Kier alpha value is -2.78. The molecule has 0 bridgehead atoms. The highest BCUT2D eigenvalue weighted by atomic mass is 32.2. The second-order valence-corrected chi connectivity index (χ2v) is 9.30. The van der Waals surface area contributed by atoms with E-state index in [0.717, 1.165) is 25.7 Å². The zero-order valence-electron chi connectivity index (χ0n) is 20.5. The molecule has 2 N–H and O–H groups in total. The van der Waals surface area contributed by atoms with Crippen molar-refractivity contribution in [3.05, 3.63) is 42.0 Å². The molecule has 0 aliphatic carbocycles. The summed E-state index contributed by atoms with van der Waals surface area (Å²) in [4.78, 5) is 13.1. The van der Waals surface area contributed by atoms with E-state index < -0.39 is 10.0 Å². The molecule has 0 heterocycles. The van der Waals surface area contributed by atoms with Crippen LogP contribution < -0.4 is 24.2 Å². The second-order valence-electron chi connectivity index (χ2n) is 7.54. The third kappa shape index (κ3) is 7.92. The molecule has 0 radical (unpaired) electrons. The van der Waals surface area contributed by atoms with Gasteiger partial charge in [-0.3, -0.25) is 4.79 Å². The van der Waals surface area contributed by atoms with Gasteiger partial charge in [0.05, 0.1) is 24.7 Å².